The first-order chi connectivity index (χ1) is 9.83. The molecule has 0 radical (unpaired) electrons. The van der Waals surface area contributed by atoms with Crippen molar-refractivity contribution in [3.05, 3.63) is 34.9 Å². The van der Waals surface area contributed by atoms with Crippen LogP contribution in [0.1, 0.15) is 32.9 Å². The number of Topliss-reactive ketones (excluding diaryl/α,β-unsaturated/α-hetero) is 1. The van der Waals surface area contributed by atoms with Gasteiger partial charge in [0.1, 0.15) is 11.6 Å². The summed E-state index contributed by atoms with van der Waals surface area (Å²) in [5.41, 5.74) is 3.09. The zero-order chi connectivity index (χ0) is 17.1. The quantitative estimate of drug-likeness (QED) is 0.790. The second kappa shape index (κ2) is 4.17. The zero-order valence-corrected chi connectivity index (χ0v) is 8.95. The fourth-order valence-corrected chi connectivity index (χ4v) is 1.81. The third kappa shape index (κ3) is 1.75. The second-order valence-corrected chi connectivity index (χ2v) is 3.86. The van der Waals surface area contributed by atoms with Crippen LogP contribution >= 0.6 is 11.6 Å². The van der Waals surface area contributed by atoms with Crippen molar-refractivity contribution < 1.29 is 18.1 Å². The normalized spacial score (nSPS) is 45.4. The Hall–Kier alpha value is -0.900. The summed E-state index contributed by atoms with van der Waals surface area (Å²) in [6.45, 7) is 0. The predicted octanol–water partition coefficient (Wildman–Crippen LogP) is 1.61. The van der Waals surface area contributed by atoms with Gasteiger partial charge in [-0.2, -0.15) is 0 Å². The van der Waals surface area contributed by atoms with Crippen LogP contribution in [0.25, 0.3) is 0 Å². The summed E-state index contributed by atoms with van der Waals surface area (Å²) >= 11 is 5.96. The largest absolute Gasteiger partial charge is 0.385 e. The Morgan fingerprint density at radius 2 is 2.25 bits per heavy atom. The Labute approximate surface area is 108 Å². The van der Waals surface area contributed by atoms with E-state index in [4.69, 9.17) is 25.6 Å². The van der Waals surface area contributed by atoms with Crippen LogP contribution in [0.3, 0.4) is 0 Å². The number of hydrogen-bond acceptors (Lipinski definition) is 3. The Balaban J connectivity index is 2.81. The second-order valence-electron chi connectivity index (χ2n) is 3.45. The van der Waals surface area contributed by atoms with Gasteiger partial charge in [-0.3, -0.25) is 4.79 Å². The highest BCUT2D eigenvalue weighted by molar-refractivity contribution is 6.31. The maximum Gasteiger partial charge on any atom is 0.185 e. The molecule has 1 saturated carbocycles. The first-order valence-corrected chi connectivity index (χ1v) is 4.97. The summed E-state index contributed by atoms with van der Waals surface area (Å²) < 4.78 is 46.9. The minimum absolute atomic E-state index is 0.0762. The number of carbonyl (C=O) groups is 1. The van der Waals surface area contributed by atoms with Gasteiger partial charge in [-0.1, -0.05) is 29.8 Å². The lowest BCUT2D eigenvalue weighted by Gasteiger charge is -2.35. The fourth-order valence-electron chi connectivity index (χ4n) is 1.53. The number of hydrogen-bond donors (Lipinski definition) is 2. The molecule has 0 saturated heterocycles. The van der Waals surface area contributed by atoms with Crippen LogP contribution in [0.4, 0.5) is 0 Å². The van der Waals surface area contributed by atoms with E-state index in [0.29, 0.717) is 0 Å². The fraction of sp³-hybridized carbons (Fsp3) is 0.417. The van der Waals surface area contributed by atoms with Crippen molar-refractivity contribution in [3.63, 3.8) is 0 Å². The lowest BCUT2D eigenvalue weighted by molar-refractivity contribution is -0.136. The van der Waals surface area contributed by atoms with E-state index in [0.717, 1.165) is 0 Å². The van der Waals surface area contributed by atoms with Crippen LogP contribution in [0.2, 0.25) is 5.02 Å². The minimum Gasteiger partial charge on any atom is -0.385 e. The highest BCUT2D eigenvalue weighted by Gasteiger charge is 2.43. The maximum absolute atomic E-state index is 12.4. The number of rotatable bonds is 1. The summed E-state index contributed by atoms with van der Waals surface area (Å²) in [6, 6.07) is 5.55. The van der Waals surface area contributed by atoms with E-state index >= 15 is 0 Å². The number of aliphatic hydroxyl groups excluding tert-OH is 1. The number of nitrogens with two attached hydrogens (primary N) is 1. The van der Waals surface area contributed by atoms with Crippen molar-refractivity contribution in [1.82, 2.24) is 0 Å². The minimum atomic E-state index is -3.23. The predicted molar refractivity (Wildman–Crippen MR) is 62.2 cm³/mol. The van der Waals surface area contributed by atoms with Gasteiger partial charge in [0.2, 0.25) is 0 Å². The van der Waals surface area contributed by atoms with Crippen molar-refractivity contribution >= 4 is 17.4 Å². The van der Waals surface area contributed by atoms with Crippen LogP contribution in [-0.2, 0) is 10.3 Å². The summed E-state index contributed by atoms with van der Waals surface area (Å²) in [5.74, 6) is -1.36. The molecule has 3 N–H and O–H groups in total. The molecule has 0 amide bonds. The van der Waals surface area contributed by atoms with Gasteiger partial charge >= 0.3 is 0 Å². The molecule has 2 rings (SSSR count). The van der Waals surface area contributed by atoms with E-state index < -0.39 is 36.5 Å². The number of aliphatic hydroxyl groups is 1. The van der Waals surface area contributed by atoms with Crippen molar-refractivity contribution in [2.75, 3.05) is 0 Å². The Bertz CT molecular complexity index is 638. The van der Waals surface area contributed by atoms with Crippen LogP contribution in [0.15, 0.2) is 24.3 Å². The third-order valence-electron chi connectivity index (χ3n) is 2.40. The number of halogens is 1. The summed E-state index contributed by atoms with van der Waals surface area (Å²) in [7, 11) is 0. The monoisotopic (exact) mass is 245 g/mol. The molecule has 1 fully saturated rings. The van der Waals surface area contributed by atoms with Gasteiger partial charge in [0.05, 0.1) is 0 Å². The molecular formula is C12H14ClNO2. The molecule has 2 atom stereocenters. The molecule has 0 aliphatic heterocycles. The molecule has 86 valence electrons. The van der Waals surface area contributed by atoms with Crippen LogP contribution in [-0.4, -0.2) is 17.0 Å². The molecule has 2 unspecified atom stereocenters. The molecule has 4 heteroatoms. The van der Waals surface area contributed by atoms with E-state index in [1.165, 1.54) is 24.3 Å². The van der Waals surface area contributed by atoms with Crippen molar-refractivity contribution in [2.45, 2.75) is 30.8 Å². The molecule has 1 aromatic rings. The Morgan fingerprint density at radius 1 is 1.56 bits per heavy atom. The average Bonchev–Trinajstić information content (AvgIpc) is 2.43. The lowest BCUT2D eigenvalue weighted by atomic mass is 9.75. The number of carbonyl (C=O) groups excluding carboxylic acids is 1. The molecule has 0 aromatic heterocycles. The van der Waals surface area contributed by atoms with E-state index in [2.05, 4.69) is 0 Å². The van der Waals surface area contributed by atoms with Crippen molar-refractivity contribution in [2.24, 2.45) is 5.73 Å². The smallest absolute Gasteiger partial charge is 0.185 e. The van der Waals surface area contributed by atoms with Crippen LogP contribution in [0.5, 0.6) is 0 Å². The molecule has 0 heterocycles. The SMILES string of the molecule is [2H]C1([2H])C(O)C(=O)C(N)(c2ccccc2Cl)C([2H])([2H])C1([2H])[2H]. The molecule has 0 bridgehead atoms. The first-order valence-electron chi connectivity index (χ1n) is 7.59. The molecule has 1 aliphatic rings. The van der Waals surface area contributed by atoms with E-state index in [-0.39, 0.29) is 10.6 Å². The average molecular weight is 246 g/mol. The molecule has 3 nitrogen and oxygen atoms in total. The van der Waals surface area contributed by atoms with Gasteiger partial charge < -0.3 is 10.8 Å². The van der Waals surface area contributed by atoms with Crippen molar-refractivity contribution in [1.29, 1.82) is 0 Å². The van der Waals surface area contributed by atoms with Gasteiger partial charge in [-0.25, -0.2) is 0 Å². The van der Waals surface area contributed by atoms with E-state index in [1.807, 2.05) is 0 Å². The van der Waals surface area contributed by atoms with E-state index in [1.54, 1.807) is 0 Å². The third-order valence-corrected chi connectivity index (χ3v) is 2.73. The summed E-state index contributed by atoms with van der Waals surface area (Å²) in [4.78, 5) is 12.4. The van der Waals surface area contributed by atoms with Gasteiger partial charge in [-0.05, 0) is 30.7 Å². The van der Waals surface area contributed by atoms with Crippen molar-refractivity contribution in [3.8, 4) is 0 Å². The maximum atomic E-state index is 12.4. The van der Waals surface area contributed by atoms with Crippen LogP contribution in [0, 0.1) is 0 Å². The van der Waals surface area contributed by atoms with Gasteiger partial charge in [0.15, 0.2) is 5.78 Å². The number of ketones is 1. The van der Waals surface area contributed by atoms with Gasteiger partial charge in [-0.15, -0.1) is 0 Å². The lowest BCUT2D eigenvalue weighted by Crippen LogP contribution is -2.52. The zero-order valence-electron chi connectivity index (χ0n) is 14.2. The summed E-state index contributed by atoms with van der Waals surface area (Å²) in [5, 5.41) is 9.83. The first kappa shape index (κ1) is 6.15. The van der Waals surface area contributed by atoms with Gasteiger partial charge in [0.25, 0.3) is 0 Å². The Kier molecular flexibility index (Phi) is 1.60. The standard InChI is InChI=1S/C12H14ClNO2/c13-9-5-2-1-4-8(9)12(14)7-3-6-10(15)11(12)16/h1-2,4-5,10,15H,3,6-7,14H2/i3D2,6D2,7D2. The molecular weight excluding hydrogens is 226 g/mol. The van der Waals surface area contributed by atoms with Gasteiger partial charge in [0, 0.05) is 13.2 Å². The molecule has 16 heavy (non-hydrogen) atoms. The Morgan fingerprint density at radius 3 is 2.94 bits per heavy atom. The molecule has 1 aliphatic carbocycles. The highest BCUT2D eigenvalue weighted by atomic mass is 35.5. The van der Waals surface area contributed by atoms with E-state index in [9.17, 15) is 9.90 Å². The number of benzene rings is 1. The molecule has 0 spiro atoms. The molecule has 1 aromatic carbocycles. The van der Waals surface area contributed by atoms with Crippen LogP contribution < -0.4 is 5.73 Å². The summed E-state index contributed by atoms with van der Waals surface area (Å²) in [6.07, 6.45) is -11.9. The topological polar surface area (TPSA) is 63.3 Å². The highest BCUT2D eigenvalue weighted by Crippen LogP contribution is 2.35.